The van der Waals surface area contributed by atoms with Gasteiger partial charge >= 0.3 is 0 Å². The van der Waals surface area contributed by atoms with E-state index >= 15 is 0 Å². The topological polar surface area (TPSA) is 65.9 Å². The second-order valence-corrected chi connectivity index (χ2v) is 5.81. The fraction of sp³-hybridized carbons (Fsp3) is 0.611. The van der Waals surface area contributed by atoms with Gasteiger partial charge in [0, 0.05) is 19.7 Å². The van der Waals surface area contributed by atoms with E-state index in [0.29, 0.717) is 12.5 Å². The van der Waals surface area contributed by atoms with Gasteiger partial charge in [-0.3, -0.25) is 0 Å². The molecular weight excluding hydrogens is 417 g/mol. The van der Waals surface area contributed by atoms with Gasteiger partial charge in [-0.1, -0.05) is 26.0 Å². The fourth-order valence-electron chi connectivity index (χ4n) is 2.27. The van der Waals surface area contributed by atoms with Gasteiger partial charge in [0.2, 0.25) is 0 Å². The first-order chi connectivity index (χ1) is 11.1. The van der Waals surface area contributed by atoms with E-state index in [1.54, 1.807) is 12.1 Å². The highest BCUT2D eigenvalue weighted by molar-refractivity contribution is 14.0. The Morgan fingerprint density at radius 1 is 1.17 bits per heavy atom. The third kappa shape index (κ3) is 9.32. The van der Waals surface area contributed by atoms with Crippen LogP contribution in [0, 0.1) is 5.92 Å². The molecule has 0 fully saturated rings. The molecule has 0 heterocycles. The van der Waals surface area contributed by atoms with Crippen molar-refractivity contribution in [3.05, 3.63) is 29.8 Å². The lowest BCUT2D eigenvalue weighted by molar-refractivity contribution is 0.0258. The van der Waals surface area contributed by atoms with Crippen LogP contribution >= 0.6 is 24.0 Å². The molecule has 0 aromatic heterocycles. The molecule has 0 aliphatic heterocycles. The molecule has 0 amide bonds. The van der Waals surface area contributed by atoms with Crippen LogP contribution in [0.25, 0.3) is 0 Å². The van der Waals surface area contributed by atoms with Gasteiger partial charge in [0.25, 0.3) is 0 Å². The molecule has 0 radical (unpaired) electrons. The van der Waals surface area contributed by atoms with Crippen LogP contribution < -0.4 is 10.6 Å². The lowest BCUT2D eigenvalue weighted by Gasteiger charge is -2.21. The van der Waals surface area contributed by atoms with Gasteiger partial charge < -0.3 is 20.5 Å². The summed E-state index contributed by atoms with van der Waals surface area (Å²) in [7, 11) is 0. The first kappa shape index (κ1) is 23.0. The Bertz CT molecular complexity index is 464. The van der Waals surface area contributed by atoms with E-state index in [2.05, 4.69) is 36.4 Å². The Balaban J connectivity index is 0.00000529. The van der Waals surface area contributed by atoms with E-state index in [1.807, 2.05) is 19.1 Å². The predicted octanol–water partition coefficient (Wildman–Crippen LogP) is 3.52. The average Bonchev–Trinajstić information content (AvgIpc) is 2.53. The summed E-state index contributed by atoms with van der Waals surface area (Å²) in [6, 6.07) is 7.12. The van der Waals surface area contributed by atoms with Crippen molar-refractivity contribution in [3.63, 3.8) is 0 Å². The number of ether oxygens (including phenoxy) is 1. The third-order valence-electron chi connectivity index (χ3n) is 3.55. The monoisotopic (exact) mass is 449 g/mol. The summed E-state index contributed by atoms with van der Waals surface area (Å²) in [5.74, 6) is 1.59. The van der Waals surface area contributed by atoms with Gasteiger partial charge in [-0.05, 0) is 43.9 Å². The van der Waals surface area contributed by atoms with E-state index in [0.717, 1.165) is 37.6 Å². The summed E-state index contributed by atoms with van der Waals surface area (Å²) < 4.78 is 5.76. The van der Waals surface area contributed by atoms with Crippen LogP contribution in [0.1, 0.15) is 39.7 Å². The number of phenolic OH excluding ortho intramolecular Hbond substituents is 1. The van der Waals surface area contributed by atoms with Crippen LogP contribution in [-0.4, -0.2) is 36.9 Å². The minimum Gasteiger partial charge on any atom is -0.508 e. The number of nitrogens with zero attached hydrogens (tertiary/aromatic N) is 1. The summed E-state index contributed by atoms with van der Waals surface area (Å²) in [6.07, 6.45) is 1.22. The van der Waals surface area contributed by atoms with Crippen LogP contribution in [-0.2, 0) is 11.3 Å². The number of hydrogen-bond donors (Lipinski definition) is 3. The van der Waals surface area contributed by atoms with Crippen molar-refractivity contribution in [2.45, 2.75) is 46.8 Å². The minimum absolute atomic E-state index is 0. The molecule has 1 rings (SSSR count). The van der Waals surface area contributed by atoms with Crippen LogP contribution in [0.2, 0.25) is 0 Å². The van der Waals surface area contributed by atoms with Crippen molar-refractivity contribution in [1.82, 2.24) is 10.6 Å². The van der Waals surface area contributed by atoms with Crippen molar-refractivity contribution in [2.24, 2.45) is 10.9 Å². The smallest absolute Gasteiger partial charge is 0.191 e. The highest BCUT2D eigenvalue weighted by atomic mass is 127. The van der Waals surface area contributed by atoms with Crippen LogP contribution in [0.15, 0.2) is 29.3 Å². The van der Waals surface area contributed by atoms with E-state index in [1.165, 1.54) is 0 Å². The molecule has 1 aromatic carbocycles. The van der Waals surface area contributed by atoms with E-state index in [4.69, 9.17) is 4.74 Å². The molecule has 1 unspecified atom stereocenters. The van der Waals surface area contributed by atoms with Crippen LogP contribution in [0.5, 0.6) is 5.75 Å². The molecule has 1 atom stereocenters. The Hall–Kier alpha value is -1.02. The first-order valence-corrected chi connectivity index (χ1v) is 8.48. The SMILES string of the molecule is CCNC(=NCc1ccc(O)cc1)NCCC(OCC)C(C)C.I. The molecule has 0 aliphatic carbocycles. The molecule has 0 spiro atoms. The van der Waals surface area contributed by atoms with Gasteiger partial charge in [0.1, 0.15) is 5.75 Å². The summed E-state index contributed by atoms with van der Waals surface area (Å²) in [5, 5.41) is 15.9. The second-order valence-electron chi connectivity index (χ2n) is 5.81. The molecule has 138 valence electrons. The number of hydrogen-bond acceptors (Lipinski definition) is 3. The fourth-order valence-corrected chi connectivity index (χ4v) is 2.27. The van der Waals surface area contributed by atoms with E-state index < -0.39 is 0 Å². The van der Waals surface area contributed by atoms with Gasteiger partial charge in [0.15, 0.2) is 5.96 Å². The number of guanidine groups is 1. The van der Waals surface area contributed by atoms with Gasteiger partial charge in [-0.15, -0.1) is 24.0 Å². The summed E-state index contributed by atoms with van der Waals surface area (Å²) in [4.78, 5) is 4.57. The maximum absolute atomic E-state index is 9.30. The number of halogens is 1. The Morgan fingerprint density at radius 2 is 1.83 bits per heavy atom. The van der Waals surface area contributed by atoms with Crippen molar-refractivity contribution in [2.75, 3.05) is 19.7 Å². The first-order valence-electron chi connectivity index (χ1n) is 8.48. The summed E-state index contributed by atoms with van der Waals surface area (Å²) in [6.45, 7) is 11.4. The van der Waals surface area contributed by atoms with Gasteiger partial charge in [0.05, 0.1) is 12.6 Å². The molecule has 24 heavy (non-hydrogen) atoms. The highest BCUT2D eigenvalue weighted by Gasteiger charge is 2.12. The molecular formula is C18H32IN3O2. The molecule has 6 heteroatoms. The van der Waals surface area contributed by atoms with E-state index in [-0.39, 0.29) is 35.8 Å². The van der Waals surface area contributed by atoms with E-state index in [9.17, 15) is 5.11 Å². The molecule has 0 saturated heterocycles. The largest absolute Gasteiger partial charge is 0.508 e. The predicted molar refractivity (Wildman–Crippen MR) is 111 cm³/mol. The molecule has 0 aliphatic rings. The van der Waals surface area contributed by atoms with Crippen molar-refractivity contribution < 1.29 is 9.84 Å². The minimum atomic E-state index is 0. The molecule has 0 saturated carbocycles. The molecule has 3 N–H and O–H groups in total. The maximum atomic E-state index is 9.30. The van der Waals surface area contributed by atoms with Gasteiger partial charge in [-0.25, -0.2) is 4.99 Å². The Morgan fingerprint density at radius 3 is 2.38 bits per heavy atom. The van der Waals surface area contributed by atoms with Gasteiger partial charge in [-0.2, -0.15) is 0 Å². The number of aromatic hydroxyl groups is 1. The number of benzene rings is 1. The quantitative estimate of drug-likeness (QED) is 0.307. The molecule has 1 aromatic rings. The van der Waals surface area contributed by atoms with Crippen LogP contribution in [0.4, 0.5) is 0 Å². The lowest BCUT2D eigenvalue weighted by Crippen LogP contribution is -2.39. The second kappa shape index (κ2) is 13.3. The normalized spacial score (nSPS) is 12.6. The van der Waals surface area contributed by atoms with Crippen molar-refractivity contribution in [3.8, 4) is 5.75 Å². The number of aliphatic imine (C=N–C) groups is 1. The summed E-state index contributed by atoms with van der Waals surface area (Å²) in [5.41, 5.74) is 1.06. The Labute approximate surface area is 163 Å². The number of rotatable bonds is 9. The molecule has 0 bridgehead atoms. The Kier molecular flexibility index (Phi) is 12.7. The number of nitrogens with one attached hydrogen (secondary N) is 2. The zero-order chi connectivity index (χ0) is 17.1. The van der Waals surface area contributed by atoms with Crippen LogP contribution in [0.3, 0.4) is 0 Å². The third-order valence-corrected chi connectivity index (χ3v) is 3.55. The zero-order valence-corrected chi connectivity index (χ0v) is 17.5. The number of phenols is 1. The summed E-state index contributed by atoms with van der Waals surface area (Å²) >= 11 is 0. The lowest BCUT2D eigenvalue weighted by atomic mass is 10.0. The zero-order valence-electron chi connectivity index (χ0n) is 15.2. The van der Waals surface area contributed by atoms with Crippen molar-refractivity contribution >= 4 is 29.9 Å². The average molecular weight is 449 g/mol. The highest BCUT2D eigenvalue weighted by Crippen LogP contribution is 2.11. The standard InChI is InChI=1S/C18H31N3O2.HI/c1-5-19-18(20-12-11-17(14(3)4)23-6-2)21-13-15-7-9-16(22)10-8-15;/h7-10,14,17,22H,5-6,11-13H2,1-4H3,(H2,19,20,21);1H. The van der Waals surface area contributed by atoms with Crippen molar-refractivity contribution in [1.29, 1.82) is 0 Å². The molecule has 5 nitrogen and oxygen atoms in total. The maximum Gasteiger partial charge on any atom is 0.191 e.